The molecule has 0 radical (unpaired) electrons. The average Bonchev–Trinajstić information content (AvgIpc) is 2.82. The standard InChI is InChI=1S/C26H32N4O4S/c1-5-29(6-2)35(33,34)24-16-17-25(31)28(18-24)19-26(32)30(20(3)4)23-14-12-22(13-15-23)27-21-10-8-7-9-11-21/h7-18,20,27H,5-6,19H2,1-4H3. The van der Waals surface area contributed by atoms with E-state index in [4.69, 9.17) is 0 Å². The number of sulfonamides is 1. The van der Waals surface area contributed by atoms with Crippen LogP contribution in [0.1, 0.15) is 27.7 Å². The molecular weight excluding hydrogens is 464 g/mol. The molecule has 0 aliphatic carbocycles. The molecule has 1 N–H and O–H groups in total. The van der Waals surface area contributed by atoms with Crippen molar-refractivity contribution in [3.8, 4) is 0 Å². The van der Waals surface area contributed by atoms with E-state index < -0.39 is 15.6 Å². The van der Waals surface area contributed by atoms with Crippen molar-refractivity contribution in [3.63, 3.8) is 0 Å². The minimum Gasteiger partial charge on any atom is -0.356 e. The molecule has 0 saturated carbocycles. The second kappa shape index (κ2) is 11.3. The molecule has 0 unspecified atom stereocenters. The van der Waals surface area contributed by atoms with E-state index in [0.29, 0.717) is 18.8 Å². The predicted octanol–water partition coefficient (Wildman–Crippen LogP) is 4.06. The molecular formula is C26H32N4O4S. The van der Waals surface area contributed by atoms with Crippen molar-refractivity contribution < 1.29 is 13.2 Å². The van der Waals surface area contributed by atoms with Gasteiger partial charge in [0.15, 0.2) is 0 Å². The highest BCUT2D eigenvalue weighted by Gasteiger charge is 2.24. The highest BCUT2D eigenvalue weighted by atomic mass is 32.2. The number of nitrogens with zero attached hydrogens (tertiary/aromatic N) is 3. The number of hydrogen-bond acceptors (Lipinski definition) is 5. The van der Waals surface area contributed by atoms with E-state index in [-0.39, 0.29) is 23.4 Å². The zero-order valence-electron chi connectivity index (χ0n) is 20.5. The fourth-order valence-corrected chi connectivity index (χ4v) is 5.32. The zero-order chi connectivity index (χ0) is 25.6. The normalized spacial score (nSPS) is 11.6. The summed E-state index contributed by atoms with van der Waals surface area (Å²) in [5, 5.41) is 3.31. The Bertz CT molecular complexity index is 1300. The molecule has 1 aromatic heterocycles. The van der Waals surface area contributed by atoms with Crippen molar-refractivity contribution in [3.05, 3.63) is 83.3 Å². The van der Waals surface area contributed by atoms with Crippen molar-refractivity contribution in [2.45, 2.75) is 45.2 Å². The SMILES string of the molecule is CCN(CC)S(=O)(=O)c1ccc(=O)n(CC(=O)N(c2ccc(Nc3ccccc3)cc2)C(C)C)c1. The Labute approximate surface area is 206 Å². The predicted molar refractivity (Wildman–Crippen MR) is 140 cm³/mol. The van der Waals surface area contributed by atoms with E-state index in [1.54, 1.807) is 18.7 Å². The highest BCUT2D eigenvalue weighted by molar-refractivity contribution is 7.89. The summed E-state index contributed by atoms with van der Waals surface area (Å²) >= 11 is 0. The third-order valence-corrected chi connectivity index (χ3v) is 7.63. The third kappa shape index (κ3) is 6.17. The van der Waals surface area contributed by atoms with Crippen molar-refractivity contribution in [1.82, 2.24) is 8.87 Å². The highest BCUT2D eigenvalue weighted by Crippen LogP contribution is 2.23. The molecule has 1 heterocycles. The first-order valence-electron chi connectivity index (χ1n) is 11.6. The number of nitrogens with one attached hydrogen (secondary N) is 1. The Morgan fingerprint density at radius 3 is 2.09 bits per heavy atom. The summed E-state index contributed by atoms with van der Waals surface area (Å²) in [5.74, 6) is -0.316. The molecule has 3 rings (SSSR count). The number of aromatic nitrogens is 1. The minimum atomic E-state index is -3.75. The van der Waals surface area contributed by atoms with Crippen molar-refractivity contribution in [1.29, 1.82) is 0 Å². The van der Waals surface area contributed by atoms with Gasteiger partial charge in [-0.2, -0.15) is 4.31 Å². The molecule has 9 heteroatoms. The van der Waals surface area contributed by atoms with Crippen LogP contribution in [0, 0.1) is 0 Å². The first-order chi connectivity index (χ1) is 16.7. The second-order valence-electron chi connectivity index (χ2n) is 8.32. The van der Waals surface area contributed by atoms with Crippen LogP contribution >= 0.6 is 0 Å². The van der Waals surface area contributed by atoms with Gasteiger partial charge in [-0.3, -0.25) is 9.59 Å². The Balaban J connectivity index is 1.84. The first kappa shape index (κ1) is 26.2. The zero-order valence-corrected chi connectivity index (χ0v) is 21.3. The largest absolute Gasteiger partial charge is 0.356 e. The number of para-hydroxylation sites is 1. The van der Waals surface area contributed by atoms with E-state index in [1.165, 1.54) is 22.6 Å². The summed E-state index contributed by atoms with van der Waals surface area (Å²) in [7, 11) is -3.75. The van der Waals surface area contributed by atoms with E-state index in [9.17, 15) is 18.0 Å². The topological polar surface area (TPSA) is 91.7 Å². The van der Waals surface area contributed by atoms with Gasteiger partial charge < -0.3 is 14.8 Å². The molecule has 8 nitrogen and oxygen atoms in total. The molecule has 0 atom stereocenters. The molecule has 186 valence electrons. The summed E-state index contributed by atoms with van der Waals surface area (Å²) < 4.78 is 28.2. The number of carbonyl (C=O) groups is 1. The van der Waals surface area contributed by atoms with Crippen LogP contribution in [-0.2, 0) is 21.4 Å². The number of hydrogen-bond donors (Lipinski definition) is 1. The molecule has 1 amide bonds. The molecule has 0 saturated heterocycles. The van der Waals surface area contributed by atoms with Gasteiger partial charge in [0, 0.05) is 48.5 Å². The monoisotopic (exact) mass is 496 g/mol. The van der Waals surface area contributed by atoms with Gasteiger partial charge in [0.05, 0.1) is 4.90 Å². The summed E-state index contributed by atoms with van der Waals surface area (Å²) in [5.41, 5.74) is 2.07. The lowest BCUT2D eigenvalue weighted by atomic mass is 10.2. The Kier molecular flexibility index (Phi) is 8.48. The van der Waals surface area contributed by atoms with Crippen LogP contribution in [0.4, 0.5) is 17.1 Å². The van der Waals surface area contributed by atoms with Crippen LogP contribution in [0.5, 0.6) is 0 Å². The third-order valence-electron chi connectivity index (χ3n) is 5.60. The van der Waals surface area contributed by atoms with Crippen LogP contribution in [0.25, 0.3) is 0 Å². The number of carbonyl (C=O) groups excluding carboxylic acids is 1. The van der Waals surface area contributed by atoms with Gasteiger partial charge in [-0.1, -0.05) is 32.0 Å². The van der Waals surface area contributed by atoms with E-state index in [2.05, 4.69) is 5.32 Å². The maximum atomic E-state index is 13.3. The van der Waals surface area contributed by atoms with Gasteiger partial charge in [-0.25, -0.2) is 8.42 Å². The molecule has 0 fully saturated rings. The second-order valence-corrected chi connectivity index (χ2v) is 10.3. The van der Waals surface area contributed by atoms with E-state index in [1.807, 2.05) is 68.4 Å². The van der Waals surface area contributed by atoms with Gasteiger partial charge in [0.1, 0.15) is 6.54 Å². The van der Waals surface area contributed by atoms with Gasteiger partial charge in [0.2, 0.25) is 15.9 Å². The van der Waals surface area contributed by atoms with Gasteiger partial charge in [-0.15, -0.1) is 0 Å². The lowest BCUT2D eigenvalue weighted by Gasteiger charge is -2.27. The summed E-state index contributed by atoms with van der Waals surface area (Å²) in [6, 6.07) is 19.5. The lowest BCUT2D eigenvalue weighted by Crippen LogP contribution is -2.41. The summed E-state index contributed by atoms with van der Waals surface area (Å²) in [4.78, 5) is 27.3. The fraction of sp³-hybridized carbons (Fsp3) is 0.308. The smallest absolute Gasteiger partial charge is 0.251 e. The number of rotatable bonds is 10. The summed E-state index contributed by atoms with van der Waals surface area (Å²) in [6.07, 6.45) is 1.25. The Hall–Kier alpha value is -3.43. The van der Waals surface area contributed by atoms with Crippen LogP contribution < -0.4 is 15.8 Å². The fourth-order valence-electron chi connectivity index (χ4n) is 3.84. The van der Waals surface area contributed by atoms with Crippen molar-refractivity contribution in [2.24, 2.45) is 0 Å². The van der Waals surface area contributed by atoms with Crippen LogP contribution in [0.3, 0.4) is 0 Å². The minimum absolute atomic E-state index is 0.0129. The maximum absolute atomic E-state index is 13.3. The van der Waals surface area contributed by atoms with Crippen LogP contribution in [0.2, 0.25) is 0 Å². The van der Waals surface area contributed by atoms with Gasteiger partial charge >= 0.3 is 0 Å². The van der Waals surface area contributed by atoms with Crippen LogP contribution in [-0.4, -0.2) is 42.3 Å². The molecule has 0 aliphatic heterocycles. The van der Waals surface area contributed by atoms with Crippen molar-refractivity contribution in [2.75, 3.05) is 23.3 Å². The Morgan fingerprint density at radius 1 is 0.914 bits per heavy atom. The molecule has 35 heavy (non-hydrogen) atoms. The molecule has 0 aliphatic rings. The summed E-state index contributed by atoms with van der Waals surface area (Å²) in [6.45, 7) is 7.63. The molecule has 0 spiro atoms. The number of benzene rings is 2. The quantitative estimate of drug-likeness (QED) is 0.457. The molecule has 3 aromatic rings. The Morgan fingerprint density at radius 2 is 1.51 bits per heavy atom. The average molecular weight is 497 g/mol. The first-order valence-corrected chi connectivity index (χ1v) is 13.1. The molecule has 2 aromatic carbocycles. The van der Waals surface area contributed by atoms with Crippen LogP contribution in [0.15, 0.2) is 82.6 Å². The van der Waals surface area contributed by atoms with E-state index >= 15 is 0 Å². The number of amides is 1. The van der Waals surface area contributed by atoms with Gasteiger partial charge in [0.25, 0.3) is 5.56 Å². The number of anilines is 3. The molecule has 0 bridgehead atoms. The van der Waals surface area contributed by atoms with Gasteiger partial charge in [-0.05, 0) is 56.3 Å². The number of pyridine rings is 1. The lowest BCUT2D eigenvalue weighted by molar-refractivity contribution is -0.119. The van der Waals surface area contributed by atoms with E-state index in [0.717, 1.165) is 15.9 Å². The maximum Gasteiger partial charge on any atom is 0.251 e. The van der Waals surface area contributed by atoms with Crippen molar-refractivity contribution >= 4 is 33.0 Å².